The lowest BCUT2D eigenvalue weighted by atomic mass is 9.89. The molecule has 2 aromatic rings. The number of piperidine rings is 1. The fourth-order valence-corrected chi connectivity index (χ4v) is 4.14. The number of benzene rings is 1. The van der Waals surface area contributed by atoms with Gasteiger partial charge in [-0.1, -0.05) is 0 Å². The van der Waals surface area contributed by atoms with Crippen LogP contribution in [0.25, 0.3) is 0 Å². The van der Waals surface area contributed by atoms with Crippen molar-refractivity contribution in [3.05, 3.63) is 53.9 Å². The predicted molar refractivity (Wildman–Crippen MR) is 117 cm³/mol. The van der Waals surface area contributed by atoms with Gasteiger partial charge in [-0.2, -0.15) is 0 Å². The van der Waals surface area contributed by atoms with Crippen LogP contribution in [-0.2, 0) is 10.5 Å². The van der Waals surface area contributed by atoms with Gasteiger partial charge in [-0.05, 0) is 80.7 Å². The number of pyridine rings is 1. The molecule has 1 aromatic heterocycles. The Balaban J connectivity index is 2.03. The van der Waals surface area contributed by atoms with Gasteiger partial charge in [0, 0.05) is 24.9 Å². The lowest BCUT2D eigenvalue weighted by Gasteiger charge is -2.38. The molecule has 1 saturated heterocycles. The number of ether oxygens (including phenoxy) is 2. The summed E-state index contributed by atoms with van der Waals surface area (Å²) in [6, 6.07) is 9.44. The Bertz CT molecular complexity index is 824. The standard InChI is InChI=1S/C23H32N4O3/c1-17(28)27-23(19-9-13-25-14-10-19,26-15-8-18-6-11-24-12-7-18)21-16-20(29-2)4-5-22(21)30-3/h4-5,9-10,13-14,16,18,24,26H,6-8,11-12,15H2,1-3H3,(H,27,28). The highest BCUT2D eigenvalue weighted by molar-refractivity contribution is 5.75. The van der Waals surface area contributed by atoms with Crippen LogP contribution >= 0.6 is 0 Å². The Morgan fingerprint density at radius 3 is 2.53 bits per heavy atom. The number of nitrogens with zero attached hydrogens (tertiary/aromatic N) is 1. The maximum absolute atomic E-state index is 12.4. The molecule has 7 heteroatoms. The van der Waals surface area contributed by atoms with E-state index in [2.05, 4.69) is 20.9 Å². The van der Waals surface area contributed by atoms with E-state index in [-0.39, 0.29) is 5.91 Å². The van der Waals surface area contributed by atoms with Crippen molar-refractivity contribution < 1.29 is 14.3 Å². The van der Waals surface area contributed by atoms with Crippen LogP contribution < -0.4 is 25.4 Å². The molecular formula is C23H32N4O3. The first-order valence-corrected chi connectivity index (χ1v) is 10.5. The molecule has 30 heavy (non-hydrogen) atoms. The van der Waals surface area contributed by atoms with Gasteiger partial charge in [0.25, 0.3) is 0 Å². The van der Waals surface area contributed by atoms with Crippen molar-refractivity contribution in [2.24, 2.45) is 5.92 Å². The molecule has 0 spiro atoms. The maximum atomic E-state index is 12.4. The van der Waals surface area contributed by atoms with E-state index >= 15 is 0 Å². The van der Waals surface area contributed by atoms with Gasteiger partial charge in [0.15, 0.2) is 0 Å². The minimum absolute atomic E-state index is 0.147. The summed E-state index contributed by atoms with van der Waals surface area (Å²) in [4.78, 5) is 16.5. The summed E-state index contributed by atoms with van der Waals surface area (Å²) < 4.78 is 11.2. The van der Waals surface area contributed by atoms with Crippen LogP contribution in [0.15, 0.2) is 42.7 Å². The fourth-order valence-electron chi connectivity index (χ4n) is 4.14. The smallest absolute Gasteiger partial charge is 0.218 e. The number of carbonyl (C=O) groups excluding carboxylic acids is 1. The van der Waals surface area contributed by atoms with Crippen molar-refractivity contribution in [1.29, 1.82) is 0 Å². The van der Waals surface area contributed by atoms with Crippen molar-refractivity contribution in [3.8, 4) is 11.5 Å². The third-order valence-electron chi connectivity index (χ3n) is 5.69. The van der Waals surface area contributed by atoms with E-state index in [0.29, 0.717) is 17.4 Å². The molecule has 1 aliphatic heterocycles. The lowest BCUT2D eigenvalue weighted by molar-refractivity contribution is -0.121. The second kappa shape index (κ2) is 10.4. The number of amides is 1. The van der Waals surface area contributed by atoms with Gasteiger partial charge in [0.2, 0.25) is 5.91 Å². The first-order chi connectivity index (χ1) is 14.6. The third kappa shape index (κ3) is 5.09. The molecule has 0 aliphatic carbocycles. The van der Waals surface area contributed by atoms with Crippen LogP contribution in [0.5, 0.6) is 11.5 Å². The van der Waals surface area contributed by atoms with E-state index in [0.717, 1.165) is 37.2 Å². The second-order valence-corrected chi connectivity index (χ2v) is 7.64. The van der Waals surface area contributed by atoms with Crippen LogP contribution in [0.2, 0.25) is 0 Å². The summed E-state index contributed by atoms with van der Waals surface area (Å²) in [6.07, 6.45) is 6.83. The Hall–Kier alpha value is -2.64. The molecule has 1 unspecified atom stereocenters. The van der Waals surface area contributed by atoms with Gasteiger partial charge in [0.05, 0.1) is 14.2 Å². The maximum Gasteiger partial charge on any atom is 0.218 e. The average molecular weight is 413 g/mol. The van der Waals surface area contributed by atoms with Crippen molar-refractivity contribution >= 4 is 5.91 Å². The summed E-state index contributed by atoms with van der Waals surface area (Å²) in [7, 11) is 3.26. The highest BCUT2D eigenvalue weighted by Gasteiger charge is 2.38. The Labute approximate surface area is 178 Å². The minimum atomic E-state index is -0.971. The van der Waals surface area contributed by atoms with Crippen molar-refractivity contribution in [2.45, 2.75) is 31.8 Å². The average Bonchev–Trinajstić information content (AvgIpc) is 2.79. The van der Waals surface area contributed by atoms with Crippen LogP contribution in [0.1, 0.15) is 37.3 Å². The SMILES string of the molecule is COc1ccc(OC)c(C(NCCC2CCNCC2)(NC(C)=O)c2ccncc2)c1. The van der Waals surface area contributed by atoms with E-state index in [4.69, 9.17) is 9.47 Å². The first-order valence-electron chi connectivity index (χ1n) is 10.5. The molecule has 1 fully saturated rings. The molecular weight excluding hydrogens is 380 g/mol. The zero-order valence-corrected chi connectivity index (χ0v) is 18.0. The number of hydrogen-bond acceptors (Lipinski definition) is 6. The zero-order valence-electron chi connectivity index (χ0n) is 18.0. The molecule has 0 saturated carbocycles. The Morgan fingerprint density at radius 1 is 1.17 bits per heavy atom. The summed E-state index contributed by atoms with van der Waals surface area (Å²) in [5, 5.41) is 10.2. The number of methoxy groups -OCH3 is 2. The normalized spacial score (nSPS) is 16.5. The summed E-state index contributed by atoms with van der Waals surface area (Å²) in [5.74, 6) is 1.87. The molecule has 7 nitrogen and oxygen atoms in total. The van der Waals surface area contributed by atoms with Gasteiger partial charge in [-0.15, -0.1) is 0 Å². The van der Waals surface area contributed by atoms with Gasteiger partial charge < -0.3 is 20.1 Å². The number of aromatic nitrogens is 1. The Kier molecular flexibility index (Phi) is 7.65. The molecule has 1 atom stereocenters. The molecule has 3 rings (SSSR count). The topological polar surface area (TPSA) is 84.5 Å². The summed E-state index contributed by atoms with van der Waals surface area (Å²) in [5.41, 5.74) is 0.697. The number of carbonyl (C=O) groups is 1. The van der Waals surface area contributed by atoms with Crippen molar-refractivity contribution in [1.82, 2.24) is 20.9 Å². The molecule has 2 heterocycles. The van der Waals surface area contributed by atoms with Crippen molar-refractivity contribution in [3.63, 3.8) is 0 Å². The molecule has 1 aliphatic rings. The number of hydrogen-bond donors (Lipinski definition) is 3. The van der Waals surface area contributed by atoms with E-state index in [1.54, 1.807) is 26.6 Å². The summed E-state index contributed by atoms with van der Waals surface area (Å²) >= 11 is 0. The number of nitrogens with one attached hydrogen (secondary N) is 3. The first kappa shape index (κ1) is 22.1. The largest absolute Gasteiger partial charge is 0.497 e. The molecule has 1 amide bonds. The predicted octanol–water partition coefficient (Wildman–Crippen LogP) is 2.42. The molecule has 0 radical (unpaired) electrons. The molecule has 1 aromatic carbocycles. The van der Waals surface area contributed by atoms with Crippen LogP contribution in [0, 0.1) is 5.92 Å². The van der Waals surface area contributed by atoms with Crippen molar-refractivity contribution in [2.75, 3.05) is 33.9 Å². The molecule has 0 bridgehead atoms. The minimum Gasteiger partial charge on any atom is -0.497 e. The lowest BCUT2D eigenvalue weighted by Crippen LogP contribution is -2.57. The number of rotatable bonds is 9. The second-order valence-electron chi connectivity index (χ2n) is 7.64. The quantitative estimate of drug-likeness (QED) is 0.549. The summed E-state index contributed by atoms with van der Waals surface area (Å²) in [6.45, 7) is 4.40. The van der Waals surface area contributed by atoms with Gasteiger partial charge in [0.1, 0.15) is 17.2 Å². The van der Waals surface area contributed by atoms with Gasteiger partial charge in [-0.3, -0.25) is 15.1 Å². The zero-order chi connectivity index (χ0) is 21.4. The van der Waals surface area contributed by atoms with E-state index in [9.17, 15) is 4.79 Å². The molecule has 3 N–H and O–H groups in total. The molecule has 162 valence electrons. The van der Waals surface area contributed by atoms with Gasteiger partial charge >= 0.3 is 0 Å². The van der Waals surface area contributed by atoms with Crippen LogP contribution in [-0.4, -0.2) is 44.7 Å². The highest BCUT2D eigenvalue weighted by Crippen LogP contribution is 2.36. The third-order valence-corrected chi connectivity index (χ3v) is 5.69. The fraction of sp³-hybridized carbons (Fsp3) is 0.478. The van der Waals surface area contributed by atoms with E-state index in [1.165, 1.54) is 19.8 Å². The van der Waals surface area contributed by atoms with E-state index in [1.807, 2.05) is 30.3 Å². The van der Waals surface area contributed by atoms with Gasteiger partial charge in [-0.25, -0.2) is 0 Å². The van der Waals surface area contributed by atoms with E-state index < -0.39 is 5.66 Å². The van der Waals surface area contributed by atoms with Crippen LogP contribution in [0.3, 0.4) is 0 Å². The van der Waals surface area contributed by atoms with Crippen LogP contribution in [0.4, 0.5) is 0 Å². The Morgan fingerprint density at radius 2 is 1.90 bits per heavy atom. The highest BCUT2D eigenvalue weighted by atomic mass is 16.5. The monoisotopic (exact) mass is 412 g/mol.